The van der Waals surface area contributed by atoms with Crippen molar-refractivity contribution >= 4 is 11.2 Å². The van der Waals surface area contributed by atoms with Crippen LogP contribution in [0, 0.1) is 5.92 Å². The first-order valence-electron chi connectivity index (χ1n) is 11.7. The lowest BCUT2D eigenvalue weighted by Gasteiger charge is -2.27. The molecule has 0 aromatic carbocycles. The van der Waals surface area contributed by atoms with E-state index < -0.39 is 5.92 Å². The molecule has 0 spiro atoms. The van der Waals surface area contributed by atoms with Crippen molar-refractivity contribution in [2.24, 2.45) is 5.92 Å². The molecule has 1 saturated heterocycles. The predicted octanol–water partition coefficient (Wildman–Crippen LogP) is 2.99. The highest BCUT2D eigenvalue weighted by molar-refractivity contribution is 5.42. The molecule has 2 aliphatic rings. The van der Waals surface area contributed by atoms with E-state index >= 15 is 0 Å². The van der Waals surface area contributed by atoms with Crippen molar-refractivity contribution in [2.45, 2.75) is 56.9 Å². The van der Waals surface area contributed by atoms with Crippen LogP contribution in [0.4, 0.5) is 8.78 Å². The highest BCUT2D eigenvalue weighted by atomic mass is 19.3. The summed E-state index contributed by atoms with van der Waals surface area (Å²) in [4.78, 5) is 27.0. The van der Waals surface area contributed by atoms with Crippen LogP contribution in [0.15, 0.2) is 35.4 Å². The van der Waals surface area contributed by atoms with Crippen molar-refractivity contribution in [3.8, 4) is 0 Å². The summed E-state index contributed by atoms with van der Waals surface area (Å²) in [5.74, 6) is -0.481. The number of fused-ring (bicyclic) bond motifs is 2. The smallest absolute Gasteiger partial charge is 0.276 e. The maximum absolute atomic E-state index is 13.6. The van der Waals surface area contributed by atoms with E-state index in [1.807, 2.05) is 24.4 Å². The minimum atomic E-state index is -2.61. The third-order valence-electron chi connectivity index (χ3n) is 7.22. The van der Waals surface area contributed by atoms with Gasteiger partial charge in [-0.15, -0.1) is 5.10 Å². The number of hydrogen-bond acceptors (Lipinski definition) is 6. The minimum Gasteiger partial charge on any atom is -0.307 e. The summed E-state index contributed by atoms with van der Waals surface area (Å²) in [6.45, 7) is 4.30. The van der Waals surface area contributed by atoms with Gasteiger partial charge in [0.05, 0.1) is 12.7 Å². The first-order chi connectivity index (χ1) is 16.4. The Labute approximate surface area is 193 Å². The Hall–Kier alpha value is -3.21. The molecule has 2 atom stereocenters. The van der Waals surface area contributed by atoms with Crippen LogP contribution in [0.2, 0.25) is 0 Å². The lowest BCUT2D eigenvalue weighted by molar-refractivity contribution is -0.0388. The molecule has 2 fully saturated rings. The molecule has 0 radical (unpaired) electrons. The van der Waals surface area contributed by atoms with Crippen LogP contribution < -0.4 is 5.56 Å². The third kappa shape index (κ3) is 3.77. The first-order valence-corrected chi connectivity index (χ1v) is 11.7. The fourth-order valence-electron chi connectivity index (χ4n) is 5.37. The Morgan fingerprint density at radius 2 is 2.00 bits per heavy atom. The van der Waals surface area contributed by atoms with Crippen LogP contribution >= 0.6 is 0 Å². The first kappa shape index (κ1) is 21.3. The number of rotatable bonds is 4. The summed E-state index contributed by atoms with van der Waals surface area (Å²) in [6.07, 6.45) is 3.74. The van der Waals surface area contributed by atoms with Gasteiger partial charge in [0, 0.05) is 44.0 Å². The zero-order valence-corrected chi connectivity index (χ0v) is 18.9. The van der Waals surface area contributed by atoms with Gasteiger partial charge in [0.2, 0.25) is 5.92 Å². The second kappa shape index (κ2) is 7.93. The highest BCUT2D eigenvalue weighted by Crippen LogP contribution is 2.40. The average molecular weight is 469 g/mol. The summed E-state index contributed by atoms with van der Waals surface area (Å²) >= 11 is 0. The number of aromatic amines is 1. The number of halogens is 2. The van der Waals surface area contributed by atoms with Crippen LogP contribution in [-0.4, -0.2) is 58.1 Å². The van der Waals surface area contributed by atoms with Crippen LogP contribution in [0.25, 0.3) is 11.2 Å². The molecule has 4 aromatic heterocycles. The molecule has 0 amide bonds. The molecular weight excluding hydrogens is 442 g/mol. The quantitative estimate of drug-likeness (QED) is 0.495. The van der Waals surface area contributed by atoms with Crippen molar-refractivity contribution in [1.29, 1.82) is 0 Å². The number of pyridine rings is 1. The molecular formula is C23H26F2N8O. The fourth-order valence-corrected chi connectivity index (χ4v) is 5.37. The van der Waals surface area contributed by atoms with Crippen molar-refractivity contribution in [2.75, 3.05) is 13.1 Å². The molecule has 9 nitrogen and oxygen atoms in total. The van der Waals surface area contributed by atoms with Crippen molar-refractivity contribution in [1.82, 2.24) is 39.1 Å². The van der Waals surface area contributed by atoms with E-state index in [1.165, 1.54) is 6.20 Å². The lowest BCUT2D eigenvalue weighted by Crippen LogP contribution is -2.26. The Morgan fingerprint density at radius 1 is 1.18 bits per heavy atom. The van der Waals surface area contributed by atoms with Gasteiger partial charge in [-0.3, -0.25) is 9.69 Å². The number of H-pyrrole nitrogens is 1. The molecule has 0 bridgehead atoms. The number of aromatic nitrogens is 7. The van der Waals surface area contributed by atoms with Gasteiger partial charge in [-0.05, 0) is 30.9 Å². The Kier molecular flexibility index (Phi) is 4.98. The Morgan fingerprint density at radius 3 is 2.79 bits per heavy atom. The number of hydrogen-bond donors (Lipinski definition) is 1. The van der Waals surface area contributed by atoms with E-state index in [1.54, 1.807) is 9.03 Å². The second-order valence-corrected chi connectivity index (χ2v) is 9.69. The van der Waals surface area contributed by atoms with E-state index in [2.05, 4.69) is 31.9 Å². The molecule has 5 heterocycles. The maximum Gasteiger partial charge on any atom is 0.276 e. The highest BCUT2D eigenvalue weighted by Gasteiger charge is 2.38. The van der Waals surface area contributed by atoms with Gasteiger partial charge in [0.15, 0.2) is 17.0 Å². The van der Waals surface area contributed by atoms with Gasteiger partial charge in [-0.2, -0.15) is 5.10 Å². The summed E-state index contributed by atoms with van der Waals surface area (Å²) in [5.41, 5.74) is 0.913. The van der Waals surface area contributed by atoms with Gasteiger partial charge in [-0.25, -0.2) is 27.8 Å². The number of likely N-dealkylation sites (tertiary alicyclic amines) is 1. The van der Waals surface area contributed by atoms with Crippen molar-refractivity contribution < 1.29 is 8.78 Å². The molecule has 34 heavy (non-hydrogen) atoms. The number of imidazole rings is 1. The summed E-state index contributed by atoms with van der Waals surface area (Å²) in [5, 5.41) is 9.31. The van der Waals surface area contributed by atoms with Crippen molar-refractivity contribution in [3.05, 3.63) is 58.4 Å². The van der Waals surface area contributed by atoms with E-state index in [0.29, 0.717) is 43.1 Å². The zero-order chi connectivity index (χ0) is 23.4. The lowest BCUT2D eigenvalue weighted by atomic mass is 9.86. The predicted molar refractivity (Wildman–Crippen MR) is 120 cm³/mol. The van der Waals surface area contributed by atoms with Gasteiger partial charge in [0.1, 0.15) is 11.6 Å². The van der Waals surface area contributed by atoms with E-state index in [0.717, 1.165) is 18.0 Å². The molecule has 1 aliphatic carbocycles. The molecule has 1 aliphatic heterocycles. The summed E-state index contributed by atoms with van der Waals surface area (Å²) < 4.78 is 30.6. The van der Waals surface area contributed by atoms with Gasteiger partial charge < -0.3 is 4.98 Å². The van der Waals surface area contributed by atoms with Crippen LogP contribution in [0.1, 0.15) is 61.9 Å². The molecule has 11 heteroatoms. The summed E-state index contributed by atoms with van der Waals surface area (Å²) in [6, 6.07) is 5.77. The molecule has 1 N–H and O–H groups in total. The fraction of sp³-hybridized carbons (Fsp3) is 0.522. The molecule has 6 rings (SSSR count). The van der Waals surface area contributed by atoms with Gasteiger partial charge >= 0.3 is 0 Å². The molecule has 178 valence electrons. The molecule has 4 aromatic rings. The van der Waals surface area contributed by atoms with Crippen molar-refractivity contribution in [3.63, 3.8) is 0 Å². The largest absolute Gasteiger partial charge is 0.307 e. The normalized spacial score (nSPS) is 23.9. The molecule has 1 saturated carbocycles. The Bertz CT molecular complexity index is 1370. The maximum atomic E-state index is 13.6. The Balaban J connectivity index is 1.25. The zero-order valence-electron chi connectivity index (χ0n) is 18.9. The van der Waals surface area contributed by atoms with Crippen LogP contribution in [-0.2, 0) is 6.54 Å². The molecule has 0 unspecified atom stereocenters. The number of nitrogens with one attached hydrogen (secondary N) is 1. The second-order valence-electron chi connectivity index (χ2n) is 9.69. The number of nitrogens with zero attached hydrogens (tertiary/aromatic N) is 7. The monoisotopic (exact) mass is 468 g/mol. The van der Waals surface area contributed by atoms with E-state index in [-0.39, 0.29) is 36.2 Å². The minimum absolute atomic E-state index is 0.0278. The summed E-state index contributed by atoms with van der Waals surface area (Å²) in [7, 11) is 0. The standard InChI is InChI=1S/C23H26F2N8O/c1-14-11-31(13-18-27-19-4-2-3-9-32(19)29-18)12-16(14)20-28-22(34)17-10-26-21(33(17)30-20)15-5-7-23(24,25)8-6-15/h2-4,9-10,14-16H,5-8,11-13H2,1H3,(H,28,30,34)/t14-,16-/m1/s1. The van der Waals surface area contributed by atoms with E-state index in [9.17, 15) is 13.6 Å². The van der Waals surface area contributed by atoms with Gasteiger partial charge in [-0.1, -0.05) is 13.0 Å². The number of alkyl halides is 2. The average Bonchev–Trinajstić information content (AvgIpc) is 3.50. The SMILES string of the molecule is C[C@@H]1CN(Cc2nc3ccccn3n2)C[C@H]1c1nn2c(C3CCC(F)(F)CC3)ncc2c(=O)[nH]1. The van der Waals surface area contributed by atoms with Crippen LogP contribution in [0.3, 0.4) is 0 Å². The van der Waals surface area contributed by atoms with E-state index in [4.69, 9.17) is 5.10 Å². The van der Waals surface area contributed by atoms with Crippen LogP contribution in [0.5, 0.6) is 0 Å². The topological polar surface area (TPSA) is 96.5 Å². The van der Waals surface area contributed by atoms with Gasteiger partial charge in [0.25, 0.3) is 5.56 Å². The third-order valence-corrected chi connectivity index (χ3v) is 7.22.